The molecule has 1 heterocycles. The highest BCUT2D eigenvalue weighted by molar-refractivity contribution is 7.99. The van der Waals surface area contributed by atoms with Crippen LogP contribution in [-0.4, -0.2) is 35.5 Å². The van der Waals surface area contributed by atoms with Gasteiger partial charge in [-0.15, -0.1) is 0 Å². The Bertz CT molecular complexity index is 79.0. The molecule has 0 amide bonds. The minimum absolute atomic E-state index is 0.954. The molecule has 9 heavy (non-hydrogen) atoms. The zero-order valence-electron chi connectivity index (χ0n) is 6.26. The van der Waals surface area contributed by atoms with Crippen molar-refractivity contribution in [1.82, 2.24) is 4.90 Å². The standard InChI is InChI=1S/C7H15NS/c1-3-8-5-7(6-8)9-4-2/h7H,3-6H2,1-2H3. The molecule has 0 aromatic heterocycles. The Kier molecular flexibility index (Phi) is 2.86. The average molecular weight is 145 g/mol. The van der Waals surface area contributed by atoms with Crippen molar-refractivity contribution in [2.45, 2.75) is 19.1 Å². The highest BCUT2D eigenvalue weighted by Crippen LogP contribution is 2.20. The topological polar surface area (TPSA) is 3.24 Å². The van der Waals surface area contributed by atoms with Crippen LogP contribution in [-0.2, 0) is 0 Å². The van der Waals surface area contributed by atoms with Gasteiger partial charge in [0.15, 0.2) is 0 Å². The molecule has 0 saturated carbocycles. The molecule has 0 aliphatic carbocycles. The summed E-state index contributed by atoms with van der Waals surface area (Å²) >= 11 is 2.10. The summed E-state index contributed by atoms with van der Waals surface area (Å²) in [5.41, 5.74) is 0. The van der Waals surface area contributed by atoms with Crippen molar-refractivity contribution in [3.63, 3.8) is 0 Å². The van der Waals surface area contributed by atoms with Crippen LogP contribution in [0.25, 0.3) is 0 Å². The molecular weight excluding hydrogens is 130 g/mol. The molecule has 54 valence electrons. The molecule has 0 atom stereocenters. The lowest BCUT2D eigenvalue weighted by Gasteiger charge is -2.37. The molecule has 0 aromatic rings. The lowest BCUT2D eigenvalue weighted by molar-refractivity contribution is 0.202. The molecule has 0 spiro atoms. The maximum Gasteiger partial charge on any atom is 0.0302 e. The van der Waals surface area contributed by atoms with Crippen LogP contribution >= 0.6 is 11.8 Å². The quantitative estimate of drug-likeness (QED) is 0.591. The Morgan fingerprint density at radius 3 is 2.56 bits per heavy atom. The Labute approximate surface area is 61.8 Å². The third-order valence-electron chi connectivity index (χ3n) is 1.77. The molecule has 1 saturated heterocycles. The lowest BCUT2D eigenvalue weighted by Crippen LogP contribution is -2.48. The maximum absolute atomic E-state index is 2.48. The van der Waals surface area contributed by atoms with E-state index in [1.54, 1.807) is 0 Å². The molecule has 1 nitrogen and oxygen atoms in total. The minimum Gasteiger partial charge on any atom is -0.301 e. The van der Waals surface area contributed by atoms with Gasteiger partial charge in [-0.1, -0.05) is 13.8 Å². The predicted octanol–water partition coefficient (Wildman–Crippen LogP) is 1.44. The summed E-state index contributed by atoms with van der Waals surface area (Å²) < 4.78 is 0. The van der Waals surface area contributed by atoms with Gasteiger partial charge < -0.3 is 4.90 Å². The molecule has 1 fully saturated rings. The molecule has 1 aliphatic rings. The number of hydrogen-bond donors (Lipinski definition) is 0. The van der Waals surface area contributed by atoms with E-state index in [0.717, 1.165) is 5.25 Å². The predicted molar refractivity (Wildman–Crippen MR) is 44.0 cm³/mol. The summed E-state index contributed by atoms with van der Waals surface area (Å²) in [5.74, 6) is 1.28. The van der Waals surface area contributed by atoms with Crippen LogP contribution in [0, 0.1) is 0 Å². The molecule has 1 rings (SSSR count). The van der Waals surface area contributed by atoms with Gasteiger partial charge in [0.1, 0.15) is 0 Å². The van der Waals surface area contributed by atoms with Gasteiger partial charge in [-0.05, 0) is 12.3 Å². The maximum atomic E-state index is 2.48. The highest BCUT2D eigenvalue weighted by atomic mass is 32.2. The van der Waals surface area contributed by atoms with Crippen LogP contribution < -0.4 is 0 Å². The van der Waals surface area contributed by atoms with Crippen molar-refractivity contribution < 1.29 is 0 Å². The second-order valence-corrected chi connectivity index (χ2v) is 4.01. The van der Waals surface area contributed by atoms with E-state index in [0.29, 0.717) is 0 Å². The number of nitrogens with zero attached hydrogens (tertiary/aromatic N) is 1. The van der Waals surface area contributed by atoms with Gasteiger partial charge in [-0.3, -0.25) is 0 Å². The molecule has 0 aromatic carbocycles. The summed E-state index contributed by atoms with van der Waals surface area (Å²) in [5, 5.41) is 0.954. The highest BCUT2D eigenvalue weighted by Gasteiger charge is 2.24. The molecule has 0 unspecified atom stereocenters. The fourth-order valence-electron chi connectivity index (χ4n) is 1.12. The number of thioether (sulfide) groups is 1. The van der Waals surface area contributed by atoms with Crippen molar-refractivity contribution >= 4 is 11.8 Å². The molecule has 0 N–H and O–H groups in total. The second-order valence-electron chi connectivity index (χ2n) is 2.43. The summed E-state index contributed by atoms with van der Waals surface area (Å²) in [6.07, 6.45) is 0. The number of hydrogen-bond acceptors (Lipinski definition) is 2. The van der Waals surface area contributed by atoms with Gasteiger partial charge in [0.2, 0.25) is 0 Å². The van der Waals surface area contributed by atoms with E-state index in [2.05, 4.69) is 30.5 Å². The zero-order valence-corrected chi connectivity index (χ0v) is 7.08. The van der Waals surface area contributed by atoms with Gasteiger partial charge in [0.25, 0.3) is 0 Å². The fraction of sp³-hybridized carbons (Fsp3) is 1.00. The van der Waals surface area contributed by atoms with Crippen LogP contribution in [0.15, 0.2) is 0 Å². The zero-order chi connectivity index (χ0) is 6.69. The van der Waals surface area contributed by atoms with E-state index >= 15 is 0 Å². The van der Waals surface area contributed by atoms with Crippen LogP contribution in [0.3, 0.4) is 0 Å². The van der Waals surface area contributed by atoms with Crippen molar-refractivity contribution in [2.75, 3.05) is 25.4 Å². The van der Waals surface area contributed by atoms with Gasteiger partial charge in [0, 0.05) is 18.3 Å². The molecular formula is C7H15NS. The van der Waals surface area contributed by atoms with Crippen LogP contribution in [0.1, 0.15) is 13.8 Å². The summed E-state index contributed by atoms with van der Waals surface area (Å²) in [4.78, 5) is 2.48. The largest absolute Gasteiger partial charge is 0.301 e. The number of likely N-dealkylation sites (tertiary alicyclic amines) is 1. The van der Waals surface area contributed by atoms with Crippen molar-refractivity contribution in [3.05, 3.63) is 0 Å². The Morgan fingerprint density at radius 1 is 1.44 bits per heavy atom. The van der Waals surface area contributed by atoms with Crippen molar-refractivity contribution in [3.8, 4) is 0 Å². The van der Waals surface area contributed by atoms with Gasteiger partial charge in [0.05, 0.1) is 0 Å². The fourth-order valence-corrected chi connectivity index (χ4v) is 2.23. The van der Waals surface area contributed by atoms with Crippen LogP contribution in [0.2, 0.25) is 0 Å². The van der Waals surface area contributed by atoms with Crippen molar-refractivity contribution in [1.29, 1.82) is 0 Å². The first-order valence-corrected chi connectivity index (χ1v) is 4.75. The van der Waals surface area contributed by atoms with Gasteiger partial charge in [-0.2, -0.15) is 11.8 Å². The summed E-state index contributed by atoms with van der Waals surface area (Å²) in [7, 11) is 0. The van der Waals surface area contributed by atoms with Crippen LogP contribution in [0.5, 0.6) is 0 Å². The molecule has 0 radical (unpaired) electrons. The Balaban J connectivity index is 1.98. The van der Waals surface area contributed by atoms with E-state index in [-0.39, 0.29) is 0 Å². The Morgan fingerprint density at radius 2 is 2.11 bits per heavy atom. The molecule has 2 heteroatoms. The first-order chi connectivity index (χ1) is 4.36. The first kappa shape index (κ1) is 7.42. The van der Waals surface area contributed by atoms with Gasteiger partial charge in [-0.25, -0.2) is 0 Å². The lowest BCUT2D eigenvalue weighted by atomic mass is 10.2. The number of rotatable bonds is 3. The SMILES string of the molecule is CCSC1CN(CC)C1. The van der Waals surface area contributed by atoms with E-state index < -0.39 is 0 Å². The summed E-state index contributed by atoms with van der Waals surface area (Å²) in [6, 6.07) is 0. The Hall–Kier alpha value is 0.310. The minimum atomic E-state index is 0.954. The molecule has 1 aliphatic heterocycles. The smallest absolute Gasteiger partial charge is 0.0302 e. The van der Waals surface area contributed by atoms with Crippen molar-refractivity contribution in [2.24, 2.45) is 0 Å². The van der Waals surface area contributed by atoms with Gasteiger partial charge >= 0.3 is 0 Å². The first-order valence-electron chi connectivity index (χ1n) is 3.70. The van der Waals surface area contributed by atoms with E-state index in [1.807, 2.05) is 0 Å². The normalized spacial score (nSPS) is 22.0. The monoisotopic (exact) mass is 145 g/mol. The van der Waals surface area contributed by atoms with E-state index in [9.17, 15) is 0 Å². The average Bonchev–Trinajstić information content (AvgIpc) is 1.77. The third-order valence-corrected chi connectivity index (χ3v) is 2.88. The van der Waals surface area contributed by atoms with E-state index in [4.69, 9.17) is 0 Å². The van der Waals surface area contributed by atoms with E-state index in [1.165, 1.54) is 25.4 Å². The van der Waals surface area contributed by atoms with Crippen LogP contribution in [0.4, 0.5) is 0 Å². The second kappa shape index (κ2) is 3.47. The third kappa shape index (κ3) is 1.87. The summed E-state index contributed by atoms with van der Waals surface area (Å²) in [6.45, 7) is 8.36. The molecule has 0 bridgehead atoms.